The van der Waals surface area contributed by atoms with Gasteiger partial charge in [-0.15, -0.1) is 0 Å². The highest BCUT2D eigenvalue weighted by Crippen LogP contribution is 2.37. The maximum atomic E-state index is 10.3. The van der Waals surface area contributed by atoms with E-state index < -0.39 is 0 Å². The first kappa shape index (κ1) is 28.1. The Hall–Kier alpha value is -6.38. The fourth-order valence-electron chi connectivity index (χ4n) is 6.43. The van der Waals surface area contributed by atoms with Crippen molar-refractivity contribution in [2.75, 3.05) is 0 Å². The van der Waals surface area contributed by atoms with Crippen molar-refractivity contribution in [3.05, 3.63) is 156 Å². The zero-order chi connectivity index (χ0) is 31.9. The van der Waals surface area contributed by atoms with Gasteiger partial charge in [0.15, 0.2) is 17.5 Å². The predicted molar refractivity (Wildman–Crippen MR) is 190 cm³/mol. The minimum absolute atomic E-state index is 0.543. The normalized spacial score (nSPS) is 11.2. The Kier molecular flexibility index (Phi) is 6.89. The van der Waals surface area contributed by atoms with Crippen molar-refractivity contribution in [1.82, 2.24) is 19.5 Å². The molecule has 0 atom stereocenters. The number of fused-ring (bicyclic) bond motifs is 3. The van der Waals surface area contributed by atoms with Crippen molar-refractivity contribution in [2.45, 2.75) is 13.8 Å². The Balaban J connectivity index is 1.34. The molecule has 47 heavy (non-hydrogen) atoms. The smallest absolute Gasteiger partial charge is 0.164 e. The highest BCUT2D eigenvalue weighted by atomic mass is 15.0. The molecule has 0 spiro atoms. The minimum atomic E-state index is 0.543. The topological polar surface area (TPSA) is 67.4 Å². The molecular weight excluding hydrogens is 574 g/mol. The first-order chi connectivity index (χ1) is 23.1. The van der Waals surface area contributed by atoms with Crippen LogP contribution in [0.25, 0.3) is 72.8 Å². The third-order valence-electron chi connectivity index (χ3n) is 8.68. The summed E-state index contributed by atoms with van der Waals surface area (Å²) in [5.41, 5.74) is 10.9. The number of nitriles is 1. The maximum Gasteiger partial charge on any atom is 0.164 e. The summed E-state index contributed by atoms with van der Waals surface area (Å²) in [6, 6.07) is 49.7. The number of benzene rings is 6. The van der Waals surface area contributed by atoms with Gasteiger partial charge in [0.2, 0.25) is 0 Å². The number of hydrogen-bond donors (Lipinski definition) is 0. The Bertz CT molecular complexity index is 2430. The van der Waals surface area contributed by atoms with Crippen LogP contribution in [0.15, 0.2) is 140 Å². The molecule has 0 saturated heterocycles. The highest BCUT2D eigenvalue weighted by Gasteiger charge is 2.19. The van der Waals surface area contributed by atoms with Gasteiger partial charge in [0.1, 0.15) is 6.07 Å². The lowest BCUT2D eigenvalue weighted by molar-refractivity contribution is 1.07. The molecule has 2 heterocycles. The van der Waals surface area contributed by atoms with E-state index in [0.717, 1.165) is 44.2 Å². The first-order valence-corrected chi connectivity index (χ1v) is 15.6. The number of rotatable bonds is 5. The summed E-state index contributed by atoms with van der Waals surface area (Å²) in [6.07, 6.45) is 0. The number of para-hydroxylation sites is 1. The molecule has 0 N–H and O–H groups in total. The van der Waals surface area contributed by atoms with Crippen molar-refractivity contribution in [3.8, 4) is 57.0 Å². The summed E-state index contributed by atoms with van der Waals surface area (Å²) in [4.78, 5) is 14.7. The van der Waals surface area contributed by atoms with E-state index in [-0.39, 0.29) is 0 Å². The van der Waals surface area contributed by atoms with Crippen molar-refractivity contribution in [1.29, 1.82) is 5.26 Å². The lowest BCUT2D eigenvalue weighted by atomic mass is 9.97. The van der Waals surface area contributed by atoms with E-state index in [0.29, 0.717) is 23.0 Å². The molecule has 2 aromatic heterocycles. The molecule has 8 rings (SSSR count). The van der Waals surface area contributed by atoms with E-state index in [4.69, 9.17) is 15.0 Å². The molecule has 222 valence electrons. The molecule has 0 aliphatic rings. The summed E-state index contributed by atoms with van der Waals surface area (Å²) in [5, 5.41) is 12.6. The van der Waals surface area contributed by atoms with Gasteiger partial charge < -0.3 is 4.57 Å². The Labute approximate surface area is 273 Å². The van der Waals surface area contributed by atoms with Gasteiger partial charge in [0.05, 0.1) is 22.3 Å². The van der Waals surface area contributed by atoms with E-state index in [1.54, 1.807) is 0 Å². The van der Waals surface area contributed by atoms with Crippen molar-refractivity contribution < 1.29 is 0 Å². The van der Waals surface area contributed by atoms with E-state index in [9.17, 15) is 5.26 Å². The molecular formula is C42H29N5. The molecule has 6 aromatic carbocycles. The lowest BCUT2D eigenvalue weighted by Gasteiger charge is -2.13. The summed E-state index contributed by atoms with van der Waals surface area (Å²) in [7, 11) is 0. The second-order valence-electron chi connectivity index (χ2n) is 11.8. The average Bonchev–Trinajstić information content (AvgIpc) is 3.45. The lowest BCUT2D eigenvalue weighted by Crippen LogP contribution is -2.02. The van der Waals surface area contributed by atoms with Crippen LogP contribution in [0.2, 0.25) is 0 Å². The molecule has 0 saturated carbocycles. The molecule has 0 aliphatic carbocycles. The molecule has 0 amide bonds. The summed E-state index contributed by atoms with van der Waals surface area (Å²) in [5.74, 6) is 1.73. The van der Waals surface area contributed by atoms with Gasteiger partial charge in [-0.3, -0.25) is 0 Å². The van der Waals surface area contributed by atoms with Gasteiger partial charge in [0, 0.05) is 27.5 Å². The monoisotopic (exact) mass is 603 g/mol. The average molecular weight is 604 g/mol. The van der Waals surface area contributed by atoms with Crippen molar-refractivity contribution >= 4 is 21.8 Å². The van der Waals surface area contributed by atoms with Crippen LogP contribution in [0.3, 0.4) is 0 Å². The summed E-state index contributed by atoms with van der Waals surface area (Å²) < 4.78 is 2.19. The van der Waals surface area contributed by atoms with Crippen molar-refractivity contribution in [3.63, 3.8) is 0 Å². The quantitative estimate of drug-likeness (QED) is 0.196. The van der Waals surface area contributed by atoms with E-state index in [1.165, 1.54) is 22.3 Å². The number of nitrogens with zero attached hydrogens (tertiary/aromatic N) is 5. The van der Waals surface area contributed by atoms with Gasteiger partial charge >= 0.3 is 0 Å². The van der Waals surface area contributed by atoms with Crippen LogP contribution >= 0.6 is 0 Å². The SMILES string of the molecule is Cc1ccc(-c2ccc3c(c2)c2ccccc2n3-c2cc(-c3nc(-c4ccccc4)nc(-c4ccccc4)n3)ccc2C#N)c(C)c1. The van der Waals surface area contributed by atoms with Gasteiger partial charge in [-0.1, -0.05) is 109 Å². The van der Waals surface area contributed by atoms with Gasteiger partial charge in [-0.25, -0.2) is 15.0 Å². The molecule has 5 heteroatoms. The van der Waals surface area contributed by atoms with E-state index in [1.807, 2.05) is 84.9 Å². The number of aromatic nitrogens is 4. The fourth-order valence-corrected chi connectivity index (χ4v) is 6.43. The molecule has 0 fully saturated rings. The third-order valence-corrected chi connectivity index (χ3v) is 8.68. The van der Waals surface area contributed by atoms with Crippen LogP contribution < -0.4 is 0 Å². The number of aryl methyl sites for hydroxylation is 2. The predicted octanol–water partition coefficient (Wildman–Crippen LogP) is 10.1. The van der Waals surface area contributed by atoms with Crippen LogP contribution in [0.1, 0.15) is 16.7 Å². The summed E-state index contributed by atoms with van der Waals surface area (Å²) in [6.45, 7) is 4.28. The van der Waals surface area contributed by atoms with Crippen LogP contribution in [0.5, 0.6) is 0 Å². The van der Waals surface area contributed by atoms with Crippen LogP contribution in [-0.4, -0.2) is 19.5 Å². The zero-order valence-corrected chi connectivity index (χ0v) is 26.0. The number of hydrogen-bond acceptors (Lipinski definition) is 4. The Morgan fingerprint density at radius 3 is 1.77 bits per heavy atom. The minimum Gasteiger partial charge on any atom is -0.308 e. The molecule has 0 bridgehead atoms. The second kappa shape index (κ2) is 11.5. The van der Waals surface area contributed by atoms with E-state index in [2.05, 4.69) is 79.1 Å². The van der Waals surface area contributed by atoms with Crippen LogP contribution in [0.4, 0.5) is 0 Å². The van der Waals surface area contributed by atoms with E-state index >= 15 is 0 Å². The van der Waals surface area contributed by atoms with Crippen molar-refractivity contribution in [2.24, 2.45) is 0 Å². The fraction of sp³-hybridized carbons (Fsp3) is 0.0476. The molecule has 8 aromatic rings. The zero-order valence-electron chi connectivity index (χ0n) is 26.0. The maximum absolute atomic E-state index is 10.3. The van der Waals surface area contributed by atoms with Crippen LogP contribution in [0, 0.1) is 25.2 Å². The van der Waals surface area contributed by atoms with Crippen LogP contribution in [-0.2, 0) is 0 Å². The Morgan fingerprint density at radius 2 is 1.11 bits per heavy atom. The second-order valence-corrected chi connectivity index (χ2v) is 11.8. The molecule has 0 aliphatic heterocycles. The Morgan fingerprint density at radius 1 is 0.511 bits per heavy atom. The van der Waals surface area contributed by atoms with Gasteiger partial charge in [-0.05, 0) is 66.9 Å². The highest BCUT2D eigenvalue weighted by molar-refractivity contribution is 6.10. The third kappa shape index (κ3) is 5.03. The van der Waals surface area contributed by atoms with Gasteiger partial charge in [-0.2, -0.15) is 5.26 Å². The molecule has 0 unspecified atom stereocenters. The molecule has 0 radical (unpaired) electrons. The summed E-state index contributed by atoms with van der Waals surface area (Å²) >= 11 is 0. The standard InChI is InChI=1S/C42H29N5/c1-27-17-21-34(28(2)23-27)31-20-22-38-36(24-31)35-15-9-10-16-37(35)47(38)39-25-32(18-19-33(39)26-43)42-45-40(29-11-5-3-6-12-29)44-41(46-42)30-13-7-4-8-14-30/h3-25H,1-2H3. The first-order valence-electron chi connectivity index (χ1n) is 15.6. The van der Waals surface area contributed by atoms with Gasteiger partial charge in [0.25, 0.3) is 0 Å². The largest absolute Gasteiger partial charge is 0.308 e. The molecule has 5 nitrogen and oxygen atoms in total.